The number of carbonyl (C=O) groups is 6. The zero-order valence-corrected chi connectivity index (χ0v) is 20.6. The van der Waals surface area contributed by atoms with Crippen LogP contribution in [-0.2, 0) is 52.5 Å². The van der Waals surface area contributed by atoms with Crippen LogP contribution >= 0.6 is 0 Å². The Balaban J connectivity index is 3.03. The van der Waals surface area contributed by atoms with Crippen molar-refractivity contribution in [1.82, 2.24) is 10.6 Å². The highest BCUT2D eigenvalue weighted by atomic mass is 16.7. The van der Waals surface area contributed by atoms with Crippen molar-refractivity contribution < 1.29 is 52.5 Å². The molecule has 0 saturated carbocycles. The van der Waals surface area contributed by atoms with Crippen LogP contribution in [0.2, 0.25) is 0 Å². The van der Waals surface area contributed by atoms with Gasteiger partial charge < -0.3 is 34.3 Å². The second-order valence-electron chi connectivity index (χ2n) is 7.98. The van der Waals surface area contributed by atoms with Crippen molar-refractivity contribution in [3.8, 4) is 0 Å². The molecule has 0 aromatic heterocycles. The van der Waals surface area contributed by atoms with Crippen molar-refractivity contribution in [2.75, 3.05) is 13.2 Å². The number of esters is 4. The standard InChI is InChI=1S/C22H34N2O11/c1-12(25)23-10-8-6-7-9-18(30)24-22-21(34-16(5)29)20(33-15(4)28)19(32-14(3)27)17(35-22)11-31-13(2)26/h17,19-22H,6-11H2,1-5H3,(H,23,25)(H,24,30). The van der Waals surface area contributed by atoms with Crippen molar-refractivity contribution in [1.29, 1.82) is 0 Å². The average Bonchev–Trinajstić information content (AvgIpc) is 2.72. The molecule has 13 heteroatoms. The summed E-state index contributed by atoms with van der Waals surface area (Å²) in [6.07, 6.45) is -4.44. The molecule has 2 N–H and O–H groups in total. The Hall–Kier alpha value is -3.22. The molecule has 0 aromatic carbocycles. The van der Waals surface area contributed by atoms with Crippen LogP contribution < -0.4 is 10.6 Å². The van der Waals surface area contributed by atoms with Gasteiger partial charge in [-0.25, -0.2) is 0 Å². The molecule has 1 rings (SSSR count). The summed E-state index contributed by atoms with van der Waals surface area (Å²) in [5.74, 6) is -3.47. The first-order valence-electron chi connectivity index (χ1n) is 11.2. The summed E-state index contributed by atoms with van der Waals surface area (Å²) < 4.78 is 26.7. The van der Waals surface area contributed by atoms with Gasteiger partial charge in [0, 0.05) is 47.6 Å². The molecule has 1 aliphatic rings. The zero-order valence-electron chi connectivity index (χ0n) is 20.6. The van der Waals surface area contributed by atoms with Gasteiger partial charge >= 0.3 is 23.9 Å². The van der Waals surface area contributed by atoms with Crippen LogP contribution in [0.1, 0.15) is 60.3 Å². The predicted molar refractivity (Wildman–Crippen MR) is 117 cm³/mol. The van der Waals surface area contributed by atoms with Crippen LogP contribution in [0.3, 0.4) is 0 Å². The molecule has 13 nitrogen and oxygen atoms in total. The Bertz CT molecular complexity index is 785. The first-order valence-corrected chi connectivity index (χ1v) is 11.2. The van der Waals surface area contributed by atoms with Gasteiger partial charge in [-0.05, 0) is 12.8 Å². The van der Waals surface area contributed by atoms with Crippen molar-refractivity contribution in [3.05, 3.63) is 0 Å². The zero-order chi connectivity index (χ0) is 26.5. The average molecular weight is 503 g/mol. The van der Waals surface area contributed by atoms with Crippen LogP contribution in [0.25, 0.3) is 0 Å². The van der Waals surface area contributed by atoms with Gasteiger partial charge in [0.25, 0.3) is 0 Å². The van der Waals surface area contributed by atoms with E-state index in [4.69, 9.17) is 23.7 Å². The molecule has 2 amide bonds. The molecule has 1 heterocycles. The number of rotatable bonds is 12. The second-order valence-corrected chi connectivity index (χ2v) is 7.98. The summed E-state index contributed by atoms with van der Waals surface area (Å²) >= 11 is 0. The van der Waals surface area contributed by atoms with Crippen LogP contribution in [0, 0.1) is 0 Å². The molecule has 5 atom stereocenters. The normalized spacial score (nSPS) is 23.4. The van der Waals surface area contributed by atoms with E-state index in [9.17, 15) is 28.8 Å². The molecule has 0 bridgehead atoms. The third kappa shape index (κ3) is 11.7. The molecular weight excluding hydrogens is 468 g/mol. The maximum atomic E-state index is 12.6. The molecule has 5 unspecified atom stereocenters. The maximum Gasteiger partial charge on any atom is 0.303 e. The fraction of sp³-hybridized carbons (Fsp3) is 0.727. The molecule has 0 aromatic rings. The number of ether oxygens (including phenoxy) is 5. The van der Waals surface area contributed by atoms with E-state index in [-0.39, 0.29) is 18.9 Å². The van der Waals surface area contributed by atoms with Gasteiger partial charge in [-0.15, -0.1) is 0 Å². The minimum atomic E-state index is -1.35. The van der Waals surface area contributed by atoms with E-state index in [1.54, 1.807) is 0 Å². The minimum absolute atomic E-state index is 0.104. The molecule has 0 radical (unpaired) electrons. The van der Waals surface area contributed by atoms with Crippen molar-refractivity contribution in [2.45, 2.75) is 90.9 Å². The molecule has 198 valence electrons. The third-order valence-corrected chi connectivity index (χ3v) is 4.75. The molecule has 35 heavy (non-hydrogen) atoms. The van der Waals surface area contributed by atoms with E-state index >= 15 is 0 Å². The summed E-state index contributed by atoms with van der Waals surface area (Å²) in [6, 6.07) is 0. The molecule has 1 saturated heterocycles. The highest BCUT2D eigenvalue weighted by Gasteiger charge is 2.52. The molecule has 1 aliphatic heterocycles. The van der Waals surface area contributed by atoms with Crippen LogP contribution in [0.15, 0.2) is 0 Å². The van der Waals surface area contributed by atoms with E-state index in [1.165, 1.54) is 13.8 Å². The third-order valence-electron chi connectivity index (χ3n) is 4.75. The van der Waals surface area contributed by atoms with Crippen molar-refractivity contribution >= 4 is 35.7 Å². The van der Waals surface area contributed by atoms with Crippen LogP contribution in [0.5, 0.6) is 0 Å². The molecule has 0 spiro atoms. The number of carbonyl (C=O) groups excluding carboxylic acids is 6. The van der Waals surface area contributed by atoms with E-state index in [2.05, 4.69) is 10.6 Å². The van der Waals surface area contributed by atoms with E-state index < -0.39 is 60.4 Å². The van der Waals surface area contributed by atoms with E-state index in [1.807, 2.05) is 0 Å². The fourth-order valence-corrected chi connectivity index (χ4v) is 3.43. The lowest BCUT2D eigenvalue weighted by Crippen LogP contribution is -2.66. The quantitative estimate of drug-likeness (QED) is 0.207. The summed E-state index contributed by atoms with van der Waals surface area (Å²) in [5, 5.41) is 5.26. The largest absolute Gasteiger partial charge is 0.463 e. The Labute approximate surface area is 203 Å². The van der Waals surface area contributed by atoms with Crippen molar-refractivity contribution in [2.24, 2.45) is 0 Å². The first-order chi connectivity index (χ1) is 16.4. The van der Waals surface area contributed by atoms with Gasteiger partial charge in [0.05, 0.1) is 0 Å². The monoisotopic (exact) mass is 502 g/mol. The number of hydrogen-bond acceptors (Lipinski definition) is 11. The van der Waals surface area contributed by atoms with Gasteiger partial charge in [-0.1, -0.05) is 6.42 Å². The highest BCUT2D eigenvalue weighted by molar-refractivity contribution is 5.76. The van der Waals surface area contributed by atoms with Gasteiger partial charge in [-0.3, -0.25) is 28.8 Å². The Morgan fingerprint density at radius 1 is 0.714 bits per heavy atom. The Morgan fingerprint density at radius 3 is 1.83 bits per heavy atom. The fourth-order valence-electron chi connectivity index (χ4n) is 3.43. The Kier molecular flexibility index (Phi) is 12.7. The lowest BCUT2D eigenvalue weighted by Gasteiger charge is -2.44. The first kappa shape index (κ1) is 29.8. The van der Waals surface area contributed by atoms with Gasteiger partial charge in [-0.2, -0.15) is 0 Å². The topological polar surface area (TPSA) is 173 Å². The summed E-state index contributed by atoms with van der Waals surface area (Å²) in [7, 11) is 0. The van der Waals surface area contributed by atoms with Gasteiger partial charge in [0.1, 0.15) is 12.7 Å². The number of amides is 2. The lowest BCUT2D eigenvalue weighted by atomic mass is 9.97. The maximum absolute atomic E-state index is 12.6. The van der Waals surface area contributed by atoms with E-state index in [0.29, 0.717) is 25.8 Å². The van der Waals surface area contributed by atoms with Crippen LogP contribution in [-0.4, -0.2) is 79.5 Å². The number of nitrogens with one attached hydrogen (secondary N) is 2. The molecular formula is C22H34N2O11. The van der Waals surface area contributed by atoms with Crippen LogP contribution in [0.4, 0.5) is 0 Å². The molecule has 1 fully saturated rings. The number of unbranched alkanes of at least 4 members (excludes halogenated alkanes) is 2. The Morgan fingerprint density at radius 2 is 1.29 bits per heavy atom. The second kappa shape index (κ2) is 14.9. The summed E-state index contributed by atoms with van der Waals surface area (Å²) in [5.41, 5.74) is 0. The lowest BCUT2D eigenvalue weighted by molar-refractivity contribution is -0.257. The summed E-state index contributed by atoms with van der Waals surface area (Å²) in [4.78, 5) is 70.1. The van der Waals surface area contributed by atoms with Gasteiger partial charge in [0.2, 0.25) is 11.8 Å². The summed E-state index contributed by atoms with van der Waals surface area (Å²) in [6.45, 7) is 6.05. The predicted octanol–water partition coefficient (Wildman–Crippen LogP) is -0.118. The highest BCUT2D eigenvalue weighted by Crippen LogP contribution is 2.28. The van der Waals surface area contributed by atoms with Crippen molar-refractivity contribution in [3.63, 3.8) is 0 Å². The van der Waals surface area contributed by atoms with Gasteiger partial charge in [0.15, 0.2) is 24.5 Å². The minimum Gasteiger partial charge on any atom is -0.463 e. The van der Waals surface area contributed by atoms with E-state index in [0.717, 1.165) is 20.8 Å². The molecule has 0 aliphatic carbocycles. The SMILES string of the molecule is CC(=O)NCCCCCC(=O)NC1OC(COC(C)=O)C(OC(C)=O)C(OC(C)=O)C1OC(C)=O. The smallest absolute Gasteiger partial charge is 0.303 e. The number of hydrogen-bond donors (Lipinski definition) is 2.